The Kier molecular flexibility index (Phi) is 7.74. The highest BCUT2D eigenvalue weighted by Gasteiger charge is 2.29. The van der Waals surface area contributed by atoms with Crippen LogP contribution in [0.15, 0.2) is 16.5 Å². The van der Waals surface area contributed by atoms with Crippen LogP contribution in [-0.2, 0) is 22.5 Å². The summed E-state index contributed by atoms with van der Waals surface area (Å²) in [5.74, 6) is 1.17. The number of nitrogens with zero attached hydrogens (tertiary/aromatic N) is 4. The molecule has 1 N–H and O–H groups in total. The minimum atomic E-state index is -0.228. The fourth-order valence-electron chi connectivity index (χ4n) is 4.98. The number of piperidine rings is 1. The molecule has 4 rings (SSSR count). The predicted molar refractivity (Wildman–Crippen MR) is 131 cm³/mol. The van der Waals surface area contributed by atoms with Gasteiger partial charge in [0.1, 0.15) is 0 Å². The molecule has 2 aliphatic rings. The molecule has 2 aliphatic heterocycles. The number of ether oxygens (including phenoxy) is 1. The number of benzene rings is 1. The van der Waals surface area contributed by atoms with E-state index in [9.17, 15) is 9.59 Å². The van der Waals surface area contributed by atoms with Crippen LogP contribution in [0.4, 0.5) is 4.79 Å². The summed E-state index contributed by atoms with van der Waals surface area (Å²) in [5.41, 5.74) is 4.86. The molecule has 1 unspecified atom stereocenters. The van der Waals surface area contributed by atoms with Gasteiger partial charge in [-0.2, -0.15) is 0 Å². The van der Waals surface area contributed by atoms with Crippen molar-refractivity contribution in [3.8, 4) is 0 Å². The smallest absolute Gasteiger partial charge is 0.410 e. The van der Waals surface area contributed by atoms with E-state index in [4.69, 9.17) is 9.15 Å². The second-order valence-electron chi connectivity index (χ2n) is 10.2. The molecule has 2 atom stereocenters. The van der Waals surface area contributed by atoms with Gasteiger partial charge >= 0.3 is 6.09 Å². The van der Waals surface area contributed by atoms with Gasteiger partial charge in [-0.1, -0.05) is 17.7 Å². The summed E-state index contributed by atoms with van der Waals surface area (Å²) in [7, 11) is 0. The number of aryl methyl sites for hydroxylation is 1. The Hall–Kier alpha value is -2.94. The summed E-state index contributed by atoms with van der Waals surface area (Å²) < 4.78 is 11.4. The van der Waals surface area contributed by atoms with Crippen LogP contribution in [0.1, 0.15) is 73.6 Å². The topological polar surface area (TPSA) is 101 Å². The molecule has 1 aromatic heterocycles. The van der Waals surface area contributed by atoms with Crippen molar-refractivity contribution in [2.45, 2.75) is 78.5 Å². The normalized spacial score (nSPS) is 21.3. The Labute approximate surface area is 207 Å². The molecular weight excluding hydrogens is 446 g/mol. The highest BCUT2D eigenvalue weighted by Crippen LogP contribution is 2.27. The zero-order valence-electron chi connectivity index (χ0n) is 21.5. The van der Waals surface area contributed by atoms with Crippen molar-refractivity contribution < 1.29 is 18.7 Å². The summed E-state index contributed by atoms with van der Waals surface area (Å²) in [4.78, 5) is 28.3. The highest BCUT2D eigenvalue weighted by molar-refractivity contribution is 5.77. The maximum Gasteiger partial charge on any atom is 0.410 e. The minimum Gasteiger partial charge on any atom is -0.447 e. The van der Waals surface area contributed by atoms with Gasteiger partial charge in [-0.15, -0.1) is 10.2 Å². The van der Waals surface area contributed by atoms with Crippen LogP contribution >= 0.6 is 0 Å². The van der Waals surface area contributed by atoms with Gasteiger partial charge in [-0.05, 0) is 57.7 Å². The van der Waals surface area contributed by atoms with E-state index in [2.05, 4.69) is 53.3 Å². The molecule has 2 saturated heterocycles. The Morgan fingerprint density at radius 3 is 2.71 bits per heavy atom. The van der Waals surface area contributed by atoms with E-state index in [1.54, 1.807) is 0 Å². The number of nitrogens with one attached hydrogen (secondary N) is 1. The number of hydrogen-bond donors (Lipinski definition) is 1. The Morgan fingerprint density at radius 1 is 1.23 bits per heavy atom. The highest BCUT2D eigenvalue weighted by atomic mass is 16.6. The zero-order chi connectivity index (χ0) is 25.1. The standard InChI is InChI=1S/C26H37N5O4/c1-16(2)34-26(33)31-9-8-30(14-18(31)4)15-22-11-17(3)10-21(19(22)5)13-24-28-29-25(35-24)20-6-7-27-23(32)12-20/h10-11,16,18,20H,6-9,12-15H2,1-5H3,(H,27,32)/t18-,20?/m0/s1. The fourth-order valence-corrected chi connectivity index (χ4v) is 4.98. The number of carbonyl (C=O) groups excluding carboxylic acids is 2. The number of piperazine rings is 1. The first-order valence-corrected chi connectivity index (χ1v) is 12.6. The van der Waals surface area contributed by atoms with Crippen molar-refractivity contribution in [2.75, 3.05) is 26.2 Å². The van der Waals surface area contributed by atoms with Gasteiger partial charge in [0.25, 0.3) is 0 Å². The molecule has 190 valence electrons. The second-order valence-corrected chi connectivity index (χ2v) is 10.2. The van der Waals surface area contributed by atoms with E-state index in [-0.39, 0.29) is 30.1 Å². The lowest BCUT2D eigenvalue weighted by atomic mass is 9.96. The molecule has 0 radical (unpaired) electrons. The molecule has 9 nitrogen and oxygen atoms in total. The molecule has 1 aromatic carbocycles. The van der Waals surface area contributed by atoms with Gasteiger partial charge in [-0.3, -0.25) is 9.69 Å². The number of amides is 2. The second kappa shape index (κ2) is 10.8. The van der Waals surface area contributed by atoms with Gasteiger partial charge in [0, 0.05) is 51.1 Å². The molecule has 2 fully saturated rings. The predicted octanol–water partition coefficient (Wildman–Crippen LogP) is 3.32. The van der Waals surface area contributed by atoms with E-state index in [1.807, 2.05) is 18.7 Å². The quantitative estimate of drug-likeness (QED) is 0.673. The summed E-state index contributed by atoms with van der Waals surface area (Å²) in [6.07, 6.45) is 1.45. The third kappa shape index (κ3) is 6.20. The number of rotatable bonds is 6. The van der Waals surface area contributed by atoms with Gasteiger partial charge in [0.05, 0.1) is 12.5 Å². The molecule has 35 heavy (non-hydrogen) atoms. The lowest BCUT2D eigenvalue weighted by molar-refractivity contribution is -0.122. The summed E-state index contributed by atoms with van der Waals surface area (Å²) in [6.45, 7) is 13.8. The molecule has 2 amide bonds. The van der Waals surface area contributed by atoms with E-state index < -0.39 is 0 Å². The largest absolute Gasteiger partial charge is 0.447 e. The van der Waals surface area contributed by atoms with Crippen molar-refractivity contribution >= 4 is 12.0 Å². The molecule has 3 heterocycles. The number of hydrogen-bond acceptors (Lipinski definition) is 7. The average Bonchev–Trinajstić information content (AvgIpc) is 3.25. The third-order valence-corrected chi connectivity index (χ3v) is 6.86. The van der Waals surface area contributed by atoms with Crippen LogP contribution < -0.4 is 5.32 Å². The molecule has 0 aliphatic carbocycles. The summed E-state index contributed by atoms with van der Waals surface area (Å²) >= 11 is 0. The van der Waals surface area contributed by atoms with Gasteiger partial charge in [0.15, 0.2) is 0 Å². The summed E-state index contributed by atoms with van der Waals surface area (Å²) in [6, 6.07) is 4.51. The number of aromatic nitrogens is 2. The van der Waals surface area contributed by atoms with E-state index in [0.29, 0.717) is 37.7 Å². The first-order chi connectivity index (χ1) is 16.7. The Bertz CT molecular complexity index is 1070. The third-order valence-electron chi connectivity index (χ3n) is 6.86. The first kappa shape index (κ1) is 25.2. The van der Waals surface area contributed by atoms with Crippen LogP contribution in [0.5, 0.6) is 0 Å². The average molecular weight is 484 g/mol. The zero-order valence-corrected chi connectivity index (χ0v) is 21.5. The monoisotopic (exact) mass is 483 g/mol. The van der Waals surface area contributed by atoms with Crippen LogP contribution in [-0.4, -0.2) is 70.3 Å². The van der Waals surface area contributed by atoms with Gasteiger partial charge in [0.2, 0.25) is 17.7 Å². The van der Waals surface area contributed by atoms with Crippen LogP contribution in [0.3, 0.4) is 0 Å². The van der Waals surface area contributed by atoms with Crippen molar-refractivity contribution in [1.82, 2.24) is 25.3 Å². The van der Waals surface area contributed by atoms with Crippen molar-refractivity contribution in [3.63, 3.8) is 0 Å². The minimum absolute atomic E-state index is 0.00218. The van der Waals surface area contributed by atoms with Crippen LogP contribution in [0.25, 0.3) is 0 Å². The molecular formula is C26H37N5O4. The van der Waals surface area contributed by atoms with Gasteiger partial charge < -0.3 is 19.4 Å². The van der Waals surface area contributed by atoms with Crippen LogP contribution in [0, 0.1) is 13.8 Å². The SMILES string of the molecule is Cc1cc(Cc2nnc(C3CCNC(=O)C3)o2)c(C)c(CN2CCN(C(=O)OC(C)C)[C@@H](C)C2)c1. The Balaban J connectivity index is 1.41. The van der Waals surface area contributed by atoms with E-state index in [0.717, 1.165) is 26.1 Å². The maximum absolute atomic E-state index is 12.4. The molecule has 0 saturated carbocycles. The van der Waals surface area contributed by atoms with Crippen molar-refractivity contribution in [3.05, 3.63) is 46.2 Å². The van der Waals surface area contributed by atoms with E-state index in [1.165, 1.54) is 22.3 Å². The van der Waals surface area contributed by atoms with Crippen molar-refractivity contribution in [1.29, 1.82) is 0 Å². The number of carbonyl (C=O) groups is 2. The van der Waals surface area contributed by atoms with Crippen molar-refractivity contribution in [2.24, 2.45) is 0 Å². The van der Waals surface area contributed by atoms with Gasteiger partial charge in [-0.25, -0.2) is 4.79 Å². The Morgan fingerprint density at radius 2 is 2.00 bits per heavy atom. The lowest BCUT2D eigenvalue weighted by Gasteiger charge is -2.39. The van der Waals surface area contributed by atoms with Crippen LogP contribution in [0.2, 0.25) is 0 Å². The lowest BCUT2D eigenvalue weighted by Crippen LogP contribution is -2.54. The molecule has 0 spiro atoms. The maximum atomic E-state index is 12.4. The molecule has 9 heteroatoms. The molecule has 2 aromatic rings. The summed E-state index contributed by atoms with van der Waals surface area (Å²) in [5, 5.41) is 11.4. The first-order valence-electron chi connectivity index (χ1n) is 12.6. The molecule has 0 bridgehead atoms. The van der Waals surface area contributed by atoms with E-state index >= 15 is 0 Å². The fraction of sp³-hybridized carbons (Fsp3) is 0.615.